The second-order valence-corrected chi connectivity index (χ2v) is 6.41. The number of carboxylic acids is 1. The number of carbonyl (C=O) groups is 2. The van der Waals surface area contributed by atoms with Crippen LogP contribution in [0.3, 0.4) is 0 Å². The molecular weight excluding hydrogens is 256 g/mol. The summed E-state index contributed by atoms with van der Waals surface area (Å²) in [5.41, 5.74) is 0. The van der Waals surface area contributed by atoms with Gasteiger partial charge in [-0.25, -0.2) is 4.79 Å². The Morgan fingerprint density at radius 2 is 1.75 bits per heavy atom. The van der Waals surface area contributed by atoms with Crippen molar-refractivity contribution in [3.63, 3.8) is 0 Å². The Kier molecular flexibility index (Phi) is 6.82. The first-order valence-corrected chi connectivity index (χ1v) is 7.64. The summed E-state index contributed by atoms with van der Waals surface area (Å²) < 4.78 is 0. The van der Waals surface area contributed by atoms with Gasteiger partial charge in [-0.05, 0) is 30.6 Å². The van der Waals surface area contributed by atoms with Crippen LogP contribution >= 0.6 is 0 Å². The zero-order valence-corrected chi connectivity index (χ0v) is 12.8. The summed E-state index contributed by atoms with van der Waals surface area (Å²) in [7, 11) is 0. The molecule has 1 fully saturated rings. The highest BCUT2D eigenvalue weighted by molar-refractivity contribution is 5.75. The van der Waals surface area contributed by atoms with E-state index in [-0.39, 0.29) is 18.5 Å². The smallest absolute Gasteiger partial charge is 0.314 e. The van der Waals surface area contributed by atoms with E-state index in [1.807, 2.05) is 13.8 Å². The summed E-state index contributed by atoms with van der Waals surface area (Å²) in [6, 6.07) is -0.254. The van der Waals surface area contributed by atoms with Crippen LogP contribution in [-0.2, 0) is 4.79 Å². The highest BCUT2D eigenvalue weighted by atomic mass is 16.4. The van der Waals surface area contributed by atoms with Crippen molar-refractivity contribution in [1.29, 1.82) is 0 Å². The Morgan fingerprint density at radius 1 is 1.15 bits per heavy atom. The van der Waals surface area contributed by atoms with Gasteiger partial charge in [-0.15, -0.1) is 0 Å². The van der Waals surface area contributed by atoms with Crippen LogP contribution in [0.25, 0.3) is 0 Å². The molecule has 1 rings (SSSR count). The van der Waals surface area contributed by atoms with E-state index < -0.39 is 11.9 Å². The topological polar surface area (TPSA) is 78.4 Å². The van der Waals surface area contributed by atoms with E-state index in [0.29, 0.717) is 12.5 Å². The maximum Gasteiger partial charge on any atom is 0.314 e. The highest BCUT2D eigenvalue weighted by Crippen LogP contribution is 2.27. The number of nitrogens with one attached hydrogen (secondary N) is 2. The standard InChI is InChI=1S/C15H28N2O3/c1-10(2)13(14(18)19)9-17-15(20)16-8-12-6-4-11(3)5-7-12/h10-13H,4-9H2,1-3H3,(H,18,19)(H2,16,17,20). The summed E-state index contributed by atoms with van der Waals surface area (Å²) in [6.07, 6.45) is 4.82. The Bertz CT molecular complexity index is 323. The summed E-state index contributed by atoms with van der Waals surface area (Å²) in [5.74, 6) is -0.00903. The third kappa shape index (κ3) is 5.80. The minimum absolute atomic E-state index is 0.00707. The Labute approximate surface area is 121 Å². The van der Waals surface area contributed by atoms with Gasteiger partial charge in [-0.2, -0.15) is 0 Å². The summed E-state index contributed by atoms with van der Waals surface area (Å²) >= 11 is 0. The molecule has 0 aromatic rings. The largest absolute Gasteiger partial charge is 0.481 e. The minimum Gasteiger partial charge on any atom is -0.481 e. The fraction of sp³-hybridized carbons (Fsp3) is 0.867. The predicted molar refractivity (Wildman–Crippen MR) is 78.5 cm³/mol. The van der Waals surface area contributed by atoms with Crippen LogP contribution in [0.15, 0.2) is 0 Å². The van der Waals surface area contributed by atoms with Gasteiger partial charge < -0.3 is 15.7 Å². The second-order valence-electron chi connectivity index (χ2n) is 6.41. The number of rotatable bonds is 6. The molecule has 2 amide bonds. The third-order valence-electron chi connectivity index (χ3n) is 4.29. The molecule has 0 spiro atoms. The van der Waals surface area contributed by atoms with E-state index in [4.69, 9.17) is 5.11 Å². The molecule has 0 aliphatic heterocycles. The van der Waals surface area contributed by atoms with E-state index in [0.717, 1.165) is 5.92 Å². The lowest BCUT2D eigenvalue weighted by Gasteiger charge is -2.26. The monoisotopic (exact) mass is 284 g/mol. The van der Waals surface area contributed by atoms with Crippen LogP contribution < -0.4 is 10.6 Å². The summed E-state index contributed by atoms with van der Waals surface area (Å²) in [6.45, 7) is 6.84. The number of carboxylic acid groups (broad SMARTS) is 1. The Balaban J connectivity index is 2.21. The lowest BCUT2D eigenvalue weighted by Crippen LogP contribution is -2.43. The van der Waals surface area contributed by atoms with Crippen molar-refractivity contribution < 1.29 is 14.7 Å². The van der Waals surface area contributed by atoms with Crippen LogP contribution in [0, 0.1) is 23.7 Å². The van der Waals surface area contributed by atoms with Crippen LogP contribution in [0.2, 0.25) is 0 Å². The van der Waals surface area contributed by atoms with Crippen LogP contribution in [0.1, 0.15) is 46.5 Å². The van der Waals surface area contributed by atoms with E-state index in [1.165, 1.54) is 25.7 Å². The lowest BCUT2D eigenvalue weighted by atomic mass is 9.83. The number of carbonyl (C=O) groups excluding carboxylic acids is 1. The average molecular weight is 284 g/mol. The minimum atomic E-state index is -0.860. The highest BCUT2D eigenvalue weighted by Gasteiger charge is 2.22. The van der Waals surface area contributed by atoms with Gasteiger partial charge in [0.15, 0.2) is 0 Å². The molecule has 0 heterocycles. The Hall–Kier alpha value is -1.26. The van der Waals surface area contributed by atoms with Crippen molar-refractivity contribution in [1.82, 2.24) is 10.6 Å². The van der Waals surface area contributed by atoms with Crippen molar-refractivity contribution in [2.24, 2.45) is 23.7 Å². The van der Waals surface area contributed by atoms with Gasteiger partial charge in [-0.3, -0.25) is 4.79 Å². The van der Waals surface area contributed by atoms with Gasteiger partial charge >= 0.3 is 12.0 Å². The van der Waals surface area contributed by atoms with E-state index in [1.54, 1.807) is 0 Å². The normalized spacial score (nSPS) is 24.2. The van der Waals surface area contributed by atoms with Gasteiger partial charge in [0, 0.05) is 13.1 Å². The van der Waals surface area contributed by atoms with Crippen molar-refractivity contribution in [3.8, 4) is 0 Å². The van der Waals surface area contributed by atoms with Crippen molar-refractivity contribution in [2.75, 3.05) is 13.1 Å². The van der Waals surface area contributed by atoms with E-state index in [9.17, 15) is 9.59 Å². The molecule has 0 radical (unpaired) electrons. The van der Waals surface area contributed by atoms with Crippen LogP contribution in [-0.4, -0.2) is 30.2 Å². The molecule has 0 bridgehead atoms. The molecule has 116 valence electrons. The van der Waals surface area contributed by atoms with Gasteiger partial charge in [0.25, 0.3) is 0 Å². The maximum atomic E-state index is 11.7. The van der Waals surface area contributed by atoms with E-state index >= 15 is 0 Å². The van der Waals surface area contributed by atoms with E-state index in [2.05, 4.69) is 17.6 Å². The fourth-order valence-electron chi connectivity index (χ4n) is 2.64. The van der Waals surface area contributed by atoms with Crippen molar-refractivity contribution in [2.45, 2.75) is 46.5 Å². The number of hydrogen-bond acceptors (Lipinski definition) is 2. The first-order valence-electron chi connectivity index (χ1n) is 7.64. The summed E-state index contributed by atoms with van der Waals surface area (Å²) in [4.78, 5) is 22.7. The summed E-state index contributed by atoms with van der Waals surface area (Å²) in [5, 5.41) is 14.6. The SMILES string of the molecule is CC1CCC(CNC(=O)NCC(C(=O)O)C(C)C)CC1. The first kappa shape index (κ1) is 16.8. The number of hydrogen-bond donors (Lipinski definition) is 3. The van der Waals surface area contributed by atoms with Crippen molar-refractivity contribution in [3.05, 3.63) is 0 Å². The molecule has 0 aromatic carbocycles. The molecule has 20 heavy (non-hydrogen) atoms. The zero-order chi connectivity index (χ0) is 15.1. The first-order chi connectivity index (χ1) is 9.40. The molecule has 1 unspecified atom stereocenters. The van der Waals surface area contributed by atoms with Gasteiger partial charge in [0.1, 0.15) is 0 Å². The molecule has 0 aromatic heterocycles. The van der Waals surface area contributed by atoms with Crippen molar-refractivity contribution >= 4 is 12.0 Å². The second kappa shape index (κ2) is 8.12. The third-order valence-corrected chi connectivity index (χ3v) is 4.29. The molecule has 5 heteroatoms. The number of urea groups is 1. The number of amides is 2. The average Bonchev–Trinajstić information content (AvgIpc) is 2.37. The molecule has 3 N–H and O–H groups in total. The van der Waals surface area contributed by atoms with Crippen LogP contribution in [0.5, 0.6) is 0 Å². The predicted octanol–water partition coefficient (Wildman–Crippen LogP) is 2.47. The van der Waals surface area contributed by atoms with Crippen LogP contribution in [0.4, 0.5) is 4.79 Å². The van der Waals surface area contributed by atoms with Gasteiger partial charge in [0.05, 0.1) is 5.92 Å². The molecule has 0 saturated heterocycles. The Morgan fingerprint density at radius 3 is 2.25 bits per heavy atom. The lowest BCUT2D eigenvalue weighted by molar-refractivity contribution is -0.142. The molecular formula is C15H28N2O3. The van der Waals surface area contributed by atoms with Gasteiger partial charge in [-0.1, -0.05) is 33.6 Å². The number of aliphatic carboxylic acids is 1. The molecule has 1 aliphatic carbocycles. The van der Waals surface area contributed by atoms with Gasteiger partial charge in [0.2, 0.25) is 0 Å². The molecule has 1 atom stereocenters. The molecule has 5 nitrogen and oxygen atoms in total. The molecule has 1 aliphatic rings. The fourth-order valence-corrected chi connectivity index (χ4v) is 2.64. The zero-order valence-electron chi connectivity index (χ0n) is 12.8. The molecule has 1 saturated carbocycles. The maximum absolute atomic E-state index is 11.7. The quantitative estimate of drug-likeness (QED) is 0.701.